The summed E-state index contributed by atoms with van der Waals surface area (Å²) >= 11 is 3.20. The number of hydrogen-bond donors (Lipinski definition) is 0. The highest BCUT2D eigenvalue weighted by atomic mass is 32.1. The fraction of sp³-hybridized carbons (Fsp3) is 0.875. The van der Waals surface area contributed by atoms with Crippen LogP contribution in [0.2, 0.25) is 0 Å². The predicted octanol–water partition coefficient (Wildman–Crippen LogP) is -0.366. The summed E-state index contributed by atoms with van der Waals surface area (Å²) in [6.45, 7) is 5.41. The Morgan fingerprint density at radius 1 is 1.50 bits per heavy atom. The molecule has 0 bridgehead atoms. The molecule has 2 atom stereocenters. The lowest BCUT2D eigenvalue weighted by molar-refractivity contribution is -0.140. The summed E-state index contributed by atoms with van der Waals surface area (Å²) in [6, 6.07) is 0. The van der Waals surface area contributed by atoms with Gasteiger partial charge < -0.3 is 9.64 Å². The highest BCUT2D eigenvalue weighted by Gasteiger charge is 2.25. The van der Waals surface area contributed by atoms with E-state index in [0.717, 1.165) is 0 Å². The summed E-state index contributed by atoms with van der Waals surface area (Å²) in [7, 11) is 0. The molecule has 12 heavy (non-hydrogen) atoms. The van der Waals surface area contributed by atoms with Gasteiger partial charge in [0.15, 0.2) is 5.75 Å². The zero-order valence-electron chi connectivity index (χ0n) is 7.54. The van der Waals surface area contributed by atoms with Gasteiger partial charge in [0.1, 0.15) is 0 Å². The first kappa shape index (κ1) is 9.86. The quantitative estimate of drug-likeness (QED) is 0.528. The number of carbonyl (C=O) groups excluding carboxylic acids is 1. The minimum absolute atomic E-state index is 0.147. The zero-order chi connectivity index (χ0) is 9.14. The minimum atomic E-state index is 0.147. The van der Waals surface area contributed by atoms with E-state index in [9.17, 15) is 4.79 Å². The highest BCUT2D eigenvalue weighted by molar-refractivity contribution is 7.59. The van der Waals surface area contributed by atoms with Gasteiger partial charge in [-0.3, -0.25) is 4.79 Å². The lowest BCUT2D eigenvalue weighted by atomic mass is 10.2. The van der Waals surface area contributed by atoms with Crippen LogP contribution in [0.25, 0.3) is 0 Å². The van der Waals surface area contributed by atoms with Crippen molar-refractivity contribution in [1.82, 2.24) is 4.90 Å². The first-order valence-electron chi connectivity index (χ1n) is 4.21. The molecular formula is C8H16NO2S+. The van der Waals surface area contributed by atoms with Gasteiger partial charge in [0.25, 0.3) is 5.91 Å². The predicted molar refractivity (Wildman–Crippen MR) is 51.6 cm³/mol. The molecule has 0 aliphatic carbocycles. The van der Waals surface area contributed by atoms with Crippen molar-refractivity contribution in [3.8, 4) is 0 Å². The fourth-order valence-corrected chi connectivity index (χ4v) is 1.72. The van der Waals surface area contributed by atoms with Gasteiger partial charge in [-0.25, -0.2) is 0 Å². The summed E-state index contributed by atoms with van der Waals surface area (Å²) in [6.07, 6.45) is 0.326. The third-order valence-electron chi connectivity index (χ3n) is 1.92. The largest absolute Gasteiger partial charge is 0.372 e. The number of rotatable bonds is 1. The molecule has 3 nitrogen and oxygen atoms in total. The normalized spacial score (nSPS) is 30.4. The maximum absolute atomic E-state index is 11.3. The van der Waals surface area contributed by atoms with Crippen molar-refractivity contribution in [2.45, 2.75) is 26.1 Å². The zero-order valence-corrected chi connectivity index (χ0v) is 8.54. The van der Waals surface area contributed by atoms with Crippen LogP contribution in [0, 0.1) is 0 Å². The number of ether oxygens (including phenoxy) is 1. The van der Waals surface area contributed by atoms with Crippen LogP contribution in [0.15, 0.2) is 0 Å². The van der Waals surface area contributed by atoms with Crippen molar-refractivity contribution in [2.24, 2.45) is 0 Å². The van der Waals surface area contributed by atoms with Crippen molar-refractivity contribution in [3.05, 3.63) is 0 Å². The number of carbonyl (C=O) groups is 1. The Bertz CT molecular complexity index is 164. The Kier molecular flexibility index (Phi) is 3.40. The molecule has 0 radical (unpaired) electrons. The van der Waals surface area contributed by atoms with E-state index in [1.807, 2.05) is 18.7 Å². The van der Waals surface area contributed by atoms with Gasteiger partial charge in [-0.1, -0.05) is 0 Å². The first-order chi connectivity index (χ1) is 5.63. The van der Waals surface area contributed by atoms with E-state index in [-0.39, 0.29) is 18.1 Å². The van der Waals surface area contributed by atoms with Crippen molar-refractivity contribution >= 4 is 18.5 Å². The number of amides is 1. The van der Waals surface area contributed by atoms with E-state index in [1.165, 1.54) is 0 Å². The molecule has 1 aliphatic heterocycles. The second-order valence-corrected chi connectivity index (χ2v) is 3.59. The van der Waals surface area contributed by atoms with E-state index in [4.69, 9.17) is 4.74 Å². The first-order valence-corrected chi connectivity index (χ1v) is 4.92. The average molecular weight is 190 g/mol. The number of nitrogens with zero attached hydrogens (tertiary/aromatic N) is 1. The summed E-state index contributed by atoms with van der Waals surface area (Å²) in [5.41, 5.74) is 0. The molecule has 0 spiro atoms. The average Bonchev–Trinajstić information content (AvgIpc) is 2.01. The number of hydrogen-bond acceptors (Lipinski definition) is 2. The van der Waals surface area contributed by atoms with E-state index in [0.29, 0.717) is 18.8 Å². The Hall–Kier alpha value is -0.220. The van der Waals surface area contributed by atoms with E-state index < -0.39 is 0 Å². The molecule has 1 amide bonds. The molecule has 1 saturated heterocycles. The second-order valence-electron chi connectivity index (χ2n) is 3.23. The Balaban J connectivity index is 2.49. The van der Waals surface area contributed by atoms with Crippen LogP contribution < -0.4 is 0 Å². The molecule has 0 aromatic rings. The van der Waals surface area contributed by atoms with Crippen molar-refractivity contribution in [1.29, 1.82) is 0 Å². The molecule has 0 aromatic heterocycles. The van der Waals surface area contributed by atoms with Crippen LogP contribution in [-0.2, 0) is 22.2 Å². The van der Waals surface area contributed by atoms with Crippen molar-refractivity contribution in [2.75, 3.05) is 18.8 Å². The van der Waals surface area contributed by atoms with Gasteiger partial charge in [-0.05, 0) is 26.5 Å². The molecule has 1 heterocycles. The van der Waals surface area contributed by atoms with Gasteiger partial charge in [0.05, 0.1) is 12.2 Å². The van der Waals surface area contributed by atoms with E-state index >= 15 is 0 Å². The summed E-state index contributed by atoms with van der Waals surface area (Å²) in [5.74, 6) is 0.549. The van der Waals surface area contributed by atoms with Gasteiger partial charge in [0.2, 0.25) is 0 Å². The fourth-order valence-electron chi connectivity index (χ4n) is 1.49. The number of morpholine rings is 1. The Morgan fingerprint density at radius 3 is 2.42 bits per heavy atom. The molecule has 1 aliphatic rings. The van der Waals surface area contributed by atoms with Gasteiger partial charge in [-0.2, -0.15) is 0 Å². The highest BCUT2D eigenvalue weighted by Crippen LogP contribution is 2.10. The molecule has 0 N–H and O–H groups in total. The van der Waals surface area contributed by atoms with E-state index in [2.05, 4.69) is 12.6 Å². The van der Waals surface area contributed by atoms with E-state index in [1.54, 1.807) is 0 Å². The smallest absolute Gasteiger partial charge is 0.272 e. The van der Waals surface area contributed by atoms with Gasteiger partial charge in [-0.15, -0.1) is 0 Å². The molecule has 0 aromatic carbocycles. The van der Waals surface area contributed by atoms with Gasteiger partial charge in [0, 0.05) is 13.1 Å². The topological polar surface area (TPSA) is 29.5 Å². The van der Waals surface area contributed by atoms with Crippen LogP contribution >= 0.6 is 0 Å². The third kappa shape index (κ3) is 2.38. The molecule has 0 unspecified atom stereocenters. The maximum atomic E-state index is 11.3. The lowest BCUT2D eigenvalue weighted by Gasteiger charge is -2.34. The summed E-state index contributed by atoms with van der Waals surface area (Å²) in [5, 5.41) is 0. The standard InChI is InChI=1S/C8H15NO2S/c1-6-3-9(8(10)5-12)4-7(2)11-6/h6-7,12H,3-5H2,1-2H3/p+1/t6-,7+. The maximum Gasteiger partial charge on any atom is 0.272 e. The van der Waals surface area contributed by atoms with Crippen molar-refractivity contribution in [3.63, 3.8) is 0 Å². The summed E-state index contributed by atoms with van der Waals surface area (Å²) < 4.78 is 5.50. The Labute approximate surface area is 78.5 Å². The molecular weight excluding hydrogens is 174 g/mol. The van der Waals surface area contributed by atoms with Crippen LogP contribution in [0.5, 0.6) is 0 Å². The van der Waals surface area contributed by atoms with Crippen LogP contribution in [-0.4, -0.2) is 41.9 Å². The molecule has 0 saturated carbocycles. The minimum Gasteiger partial charge on any atom is -0.372 e. The SMILES string of the molecule is C[C@@H]1CN(C(=O)C[SH2+])C[C@H](C)O1. The van der Waals surface area contributed by atoms with Gasteiger partial charge >= 0.3 is 0 Å². The second kappa shape index (κ2) is 4.14. The summed E-state index contributed by atoms with van der Waals surface area (Å²) in [4.78, 5) is 13.1. The Morgan fingerprint density at radius 2 is 2.00 bits per heavy atom. The molecule has 1 rings (SSSR count). The lowest BCUT2D eigenvalue weighted by Crippen LogP contribution is -2.48. The third-order valence-corrected chi connectivity index (χ3v) is 2.23. The molecule has 70 valence electrons. The monoisotopic (exact) mass is 190 g/mol. The van der Waals surface area contributed by atoms with Crippen LogP contribution in [0.1, 0.15) is 13.8 Å². The van der Waals surface area contributed by atoms with Crippen LogP contribution in [0.4, 0.5) is 0 Å². The molecule has 4 heteroatoms. The molecule has 1 fully saturated rings. The van der Waals surface area contributed by atoms with Crippen LogP contribution in [0.3, 0.4) is 0 Å². The van der Waals surface area contributed by atoms with Crippen molar-refractivity contribution < 1.29 is 9.53 Å².